The number of nitrogens with one attached hydrogen (secondary N) is 10. The van der Waals surface area contributed by atoms with Crippen molar-refractivity contribution >= 4 is 122 Å². The average Bonchev–Trinajstić information content (AvgIpc) is 1.68. The molecule has 0 aliphatic carbocycles. The minimum absolute atomic E-state index is 0.0265. The lowest BCUT2D eigenvalue weighted by Gasteiger charge is -2.29. The second-order valence-electron chi connectivity index (χ2n) is 27.7. The number of cyclic esters (lactones) is 1. The Morgan fingerprint density at radius 2 is 1.23 bits per heavy atom. The molecule has 19 N–H and O–H groups in total. The zero-order chi connectivity index (χ0) is 81.2. The normalized spacial score (nSPS) is 21.8. The molecule has 12 atom stereocenters. The average molecular weight is 1530 g/mol. The number of hydrogen-bond donors (Lipinski definition) is 16. The van der Waals surface area contributed by atoms with Crippen molar-refractivity contribution in [2.24, 2.45) is 41.1 Å². The molecule has 598 valence electrons. The maximum Gasteiger partial charge on any atom is 0.310 e. The Labute approximate surface area is 630 Å². The van der Waals surface area contributed by atoms with Crippen molar-refractivity contribution in [2.75, 3.05) is 32.0 Å². The number of anilines is 1. The number of carbonyl (C=O) groups excluding carboxylic acids is 16. The standard InChI is InChI=1S/C74H105N13O22/c1-7-8-9-10-11-12-13-19-48(89)27-43(26-47-35-78-52-23-17-15-20-49(47)52)70(104)85-54(34-60(77)94)58(92)29-45(33-64(99)100)71(105)87-66-42(6)109-74(108)46(30-56(90)50-21-14-16-22-51(50)76)31-59(93)65(39(2)3)86-72(106)55(38-88)84-62(96)36-79-67(101)40(4)81-68(102)41(5)82-69(103)44(32-63(97)98)28-57(91)53(24-18-25-75)83-61(95)37-80-73(66)107/h14-17,20-23,35,39-46,53-55,65-66,78,88H,7-13,18-19,24-34,36-38,75-76H2,1-6H3,(H2,77,94)(H,79,101)(H,80,107)(H,81,102)(H,82,103)(H,83,95)(H,84,96)(H,85,104)(H,86,106)(H,87,105)(H,97,98)(H,99,100). The van der Waals surface area contributed by atoms with Crippen LogP contribution in [-0.4, -0.2) is 201 Å². The lowest BCUT2D eigenvalue weighted by atomic mass is 9.88. The molecule has 12 unspecified atom stereocenters. The number of primary amides is 1. The van der Waals surface area contributed by atoms with Gasteiger partial charge in [0, 0.05) is 72.8 Å². The summed E-state index contributed by atoms with van der Waals surface area (Å²) in [7, 11) is 0. The van der Waals surface area contributed by atoms with Gasteiger partial charge >= 0.3 is 17.9 Å². The predicted molar refractivity (Wildman–Crippen MR) is 392 cm³/mol. The first kappa shape index (κ1) is 90.6. The predicted octanol–water partition coefficient (Wildman–Crippen LogP) is -0.169. The van der Waals surface area contributed by atoms with Crippen LogP contribution < -0.4 is 65.1 Å². The Kier molecular flexibility index (Phi) is 38.0. The van der Waals surface area contributed by atoms with Crippen LogP contribution in [0.4, 0.5) is 5.69 Å². The van der Waals surface area contributed by atoms with E-state index in [1.54, 1.807) is 30.5 Å². The molecule has 1 aliphatic rings. The van der Waals surface area contributed by atoms with Crippen molar-refractivity contribution < 1.29 is 106 Å². The van der Waals surface area contributed by atoms with Crippen molar-refractivity contribution in [1.29, 1.82) is 0 Å². The molecule has 10 amide bonds. The van der Waals surface area contributed by atoms with Gasteiger partial charge in [0.25, 0.3) is 0 Å². The summed E-state index contributed by atoms with van der Waals surface area (Å²) in [6.45, 7) is 5.24. The topological polar surface area (TPSA) is 579 Å². The third-order valence-electron chi connectivity index (χ3n) is 18.4. The molecule has 0 radical (unpaired) electrons. The molecule has 2 heterocycles. The summed E-state index contributed by atoms with van der Waals surface area (Å²) in [5, 5.41) is 51.9. The minimum atomic E-state index is -2.26. The first-order chi connectivity index (χ1) is 51.6. The molecule has 109 heavy (non-hydrogen) atoms. The monoisotopic (exact) mass is 1530 g/mol. The van der Waals surface area contributed by atoms with Gasteiger partial charge in [0.05, 0.1) is 74.8 Å². The van der Waals surface area contributed by atoms with E-state index in [0.29, 0.717) is 17.5 Å². The van der Waals surface area contributed by atoms with Crippen LogP contribution in [0.3, 0.4) is 0 Å². The summed E-state index contributed by atoms with van der Waals surface area (Å²) < 4.78 is 5.82. The number of carboxylic acids is 2. The second-order valence-corrected chi connectivity index (χ2v) is 27.7. The number of amides is 10. The van der Waals surface area contributed by atoms with E-state index in [9.17, 15) is 102 Å². The number of aromatic amines is 1. The number of benzene rings is 2. The maximum atomic E-state index is 14.8. The number of carbonyl (C=O) groups is 18. The summed E-state index contributed by atoms with van der Waals surface area (Å²) in [5.74, 6) is -27.9. The fraction of sp³-hybridized carbons (Fsp3) is 0.568. The van der Waals surface area contributed by atoms with Gasteiger partial charge < -0.3 is 90.1 Å². The number of nitrogens with two attached hydrogens (primary N) is 3. The number of aromatic nitrogens is 1. The number of para-hydroxylation sites is 2. The van der Waals surface area contributed by atoms with E-state index in [1.807, 2.05) is 0 Å². The SMILES string of the molecule is CCCCCCCCCC(=O)CC(Cc1c[nH]c2ccccc12)C(=O)NC(CC(N)=O)C(=O)CC(CC(=O)O)C(=O)NC1C(=O)NCC(=O)NC(CCCN)C(=O)CC(CC(=O)O)C(=O)NC(C)C(=O)NC(C)C(=O)NCC(=O)NC(CO)C(=O)NC(C(C)C)C(=O)CC(CC(=O)c2ccccc2N)C(=O)OC1C. The Bertz CT molecular complexity index is 3760. The fourth-order valence-electron chi connectivity index (χ4n) is 12.2. The van der Waals surface area contributed by atoms with Crippen LogP contribution in [0.25, 0.3) is 10.9 Å². The van der Waals surface area contributed by atoms with Crippen LogP contribution in [0.2, 0.25) is 0 Å². The second kappa shape index (κ2) is 45.7. The molecule has 1 aliphatic heterocycles. The highest BCUT2D eigenvalue weighted by atomic mass is 16.5. The van der Waals surface area contributed by atoms with Crippen LogP contribution in [0.15, 0.2) is 54.7 Å². The Hall–Kier alpha value is -10.8. The highest BCUT2D eigenvalue weighted by molar-refractivity contribution is 6.04. The Morgan fingerprint density at radius 1 is 0.624 bits per heavy atom. The van der Waals surface area contributed by atoms with Gasteiger partial charge in [-0.3, -0.25) is 86.3 Å². The number of hydrogen-bond acceptors (Lipinski definition) is 22. The molecule has 1 saturated heterocycles. The molecule has 0 saturated carbocycles. The van der Waals surface area contributed by atoms with Gasteiger partial charge in [0.15, 0.2) is 23.1 Å². The molecule has 35 nitrogen and oxygen atoms in total. The quantitative estimate of drug-likeness (QED) is 0.0163. The molecule has 0 spiro atoms. The summed E-state index contributed by atoms with van der Waals surface area (Å²) in [4.78, 5) is 251. The molecular weight excluding hydrogens is 1420 g/mol. The number of esters is 1. The van der Waals surface area contributed by atoms with Gasteiger partial charge in [-0.05, 0) is 82.7 Å². The number of ether oxygens (including phenoxy) is 1. The number of aliphatic hydroxyl groups is 1. The zero-order valence-electron chi connectivity index (χ0n) is 62.3. The van der Waals surface area contributed by atoms with Gasteiger partial charge in [-0.15, -0.1) is 0 Å². The summed E-state index contributed by atoms with van der Waals surface area (Å²) in [6.07, 6.45) is -1.31. The van der Waals surface area contributed by atoms with E-state index in [-0.39, 0.29) is 55.7 Å². The number of H-pyrrole nitrogens is 1. The number of carboxylic acid groups (broad SMARTS) is 2. The van der Waals surface area contributed by atoms with Crippen molar-refractivity contribution in [1.82, 2.24) is 52.8 Å². The summed E-state index contributed by atoms with van der Waals surface area (Å²) in [5.41, 5.74) is 18.7. The number of Topliss-reactive ketones (excluding diaryl/α,β-unsaturated/α-hetero) is 5. The van der Waals surface area contributed by atoms with Gasteiger partial charge in [-0.1, -0.05) is 89.6 Å². The molecule has 3 aromatic rings. The number of unbranched alkanes of at least 4 members (excludes halogenated alkanes) is 6. The molecule has 1 fully saturated rings. The zero-order valence-corrected chi connectivity index (χ0v) is 62.3. The van der Waals surface area contributed by atoms with Crippen LogP contribution in [-0.2, 0) is 92.7 Å². The van der Waals surface area contributed by atoms with E-state index in [2.05, 4.69) is 59.8 Å². The van der Waals surface area contributed by atoms with E-state index < -0.39 is 243 Å². The van der Waals surface area contributed by atoms with Crippen LogP contribution in [0.5, 0.6) is 0 Å². The number of rotatable bonds is 33. The van der Waals surface area contributed by atoms with Crippen LogP contribution in [0.1, 0.15) is 173 Å². The number of aliphatic carboxylic acids is 2. The van der Waals surface area contributed by atoms with Gasteiger partial charge in [0.2, 0.25) is 59.1 Å². The van der Waals surface area contributed by atoms with Crippen molar-refractivity contribution in [3.63, 3.8) is 0 Å². The third kappa shape index (κ3) is 30.7. The Balaban J connectivity index is 1.82. The molecule has 4 rings (SSSR count). The van der Waals surface area contributed by atoms with E-state index in [1.165, 1.54) is 45.0 Å². The molecule has 35 heteroatoms. The van der Waals surface area contributed by atoms with E-state index >= 15 is 0 Å². The largest absolute Gasteiger partial charge is 0.481 e. The Morgan fingerprint density at radius 3 is 1.85 bits per heavy atom. The first-order valence-electron chi connectivity index (χ1n) is 36.5. The van der Waals surface area contributed by atoms with Crippen LogP contribution >= 0.6 is 0 Å². The highest BCUT2D eigenvalue weighted by Crippen LogP contribution is 2.27. The third-order valence-corrected chi connectivity index (χ3v) is 18.4. The molecule has 2 aromatic carbocycles. The maximum absolute atomic E-state index is 14.8. The number of ketones is 5. The highest BCUT2D eigenvalue weighted by Gasteiger charge is 2.41. The van der Waals surface area contributed by atoms with Crippen molar-refractivity contribution in [3.8, 4) is 0 Å². The number of nitrogen functional groups attached to an aromatic ring is 1. The lowest BCUT2D eigenvalue weighted by Crippen LogP contribution is -2.57. The van der Waals surface area contributed by atoms with E-state index in [4.69, 9.17) is 21.9 Å². The van der Waals surface area contributed by atoms with Gasteiger partial charge in [0.1, 0.15) is 36.1 Å². The molecule has 0 bridgehead atoms. The van der Waals surface area contributed by atoms with E-state index in [0.717, 1.165) is 57.8 Å². The summed E-state index contributed by atoms with van der Waals surface area (Å²) >= 11 is 0. The number of aliphatic hydroxyl groups excluding tert-OH is 1. The van der Waals surface area contributed by atoms with Crippen LogP contribution in [0, 0.1) is 29.6 Å². The smallest absolute Gasteiger partial charge is 0.310 e. The number of fused-ring (bicyclic) bond motifs is 1. The fourth-order valence-corrected chi connectivity index (χ4v) is 12.2. The first-order valence-corrected chi connectivity index (χ1v) is 36.5. The molecular formula is C74H105N13O22. The van der Waals surface area contributed by atoms with Gasteiger partial charge in [-0.25, -0.2) is 0 Å². The lowest BCUT2D eigenvalue weighted by molar-refractivity contribution is -0.158. The van der Waals surface area contributed by atoms with Gasteiger partial charge in [-0.2, -0.15) is 0 Å². The van der Waals surface area contributed by atoms with Crippen molar-refractivity contribution in [2.45, 2.75) is 212 Å². The summed E-state index contributed by atoms with van der Waals surface area (Å²) in [6, 6.07) is 0.742. The van der Waals surface area contributed by atoms with Crippen molar-refractivity contribution in [3.05, 3.63) is 65.9 Å². The minimum Gasteiger partial charge on any atom is -0.481 e. The molecule has 1 aromatic heterocycles.